The van der Waals surface area contributed by atoms with Gasteiger partial charge in [0.1, 0.15) is 42.9 Å². The molecule has 1 heterocycles. The Kier molecular flexibility index (Phi) is 27.5. The van der Waals surface area contributed by atoms with Crippen molar-refractivity contribution in [3.8, 4) is 0 Å². The molecule has 1 fully saturated rings. The predicted molar refractivity (Wildman–Crippen MR) is 224 cm³/mol. The lowest BCUT2D eigenvalue weighted by molar-refractivity contribution is -0.556. The molecule has 9 atom stereocenters. The molecule has 29 heteroatoms. The maximum Gasteiger partial charge on any atom is 0.335 e. The number of hydrogen-bond acceptors (Lipinski definition) is 17. The van der Waals surface area contributed by atoms with Gasteiger partial charge in [-0.25, -0.2) is 9.59 Å². The summed E-state index contributed by atoms with van der Waals surface area (Å²) in [5, 5.41) is 101. The monoisotopic (exact) mass is 963 g/mol. The van der Waals surface area contributed by atoms with Crippen LogP contribution in [0, 0.1) is 10.4 Å². The lowest BCUT2D eigenvalue weighted by Crippen LogP contribution is -2.64. The molecule has 1 saturated heterocycles. The minimum Gasteiger partial charge on any atom is -0.597 e. The van der Waals surface area contributed by atoms with Crippen molar-refractivity contribution in [2.45, 2.75) is 159 Å². The van der Waals surface area contributed by atoms with Crippen molar-refractivity contribution in [3.63, 3.8) is 0 Å². The normalized spacial score (nSPS) is 22.1. The number of amides is 7. The van der Waals surface area contributed by atoms with E-state index in [1.165, 1.54) is 6.92 Å². The molecule has 67 heavy (non-hydrogen) atoms. The van der Waals surface area contributed by atoms with E-state index < -0.39 is 141 Å². The number of ether oxygens (including phenoxy) is 1. The number of cyclic esters (lactones) is 1. The number of nitrogens with zero attached hydrogens (tertiary/aromatic N) is 4. The summed E-state index contributed by atoms with van der Waals surface area (Å²) in [5.74, 6) is -11.8. The highest BCUT2D eigenvalue weighted by Gasteiger charge is 2.39. The van der Waals surface area contributed by atoms with Crippen molar-refractivity contribution >= 4 is 53.3 Å². The average molecular weight is 964 g/mol. The van der Waals surface area contributed by atoms with Gasteiger partial charge in [-0.1, -0.05) is 61.6 Å². The molecule has 0 aromatic rings. The third-order valence-electron chi connectivity index (χ3n) is 10.1. The van der Waals surface area contributed by atoms with Crippen molar-refractivity contribution in [3.05, 3.63) is 10.4 Å². The number of rotatable bonds is 26. The van der Waals surface area contributed by atoms with Crippen LogP contribution in [0.3, 0.4) is 0 Å². The first kappa shape index (κ1) is 58.5. The van der Waals surface area contributed by atoms with E-state index in [2.05, 4.69) is 44.1 Å². The maximum atomic E-state index is 13.8. The van der Waals surface area contributed by atoms with Crippen LogP contribution in [0.5, 0.6) is 0 Å². The van der Waals surface area contributed by atoms with Crippen LogP contribution < -0.4 is 37.2 Å². The molecule has 0 aliphatic carbocycles. The number of nitrogens with one attached hydrogen (secondary N) is 7. The Balaban J connectivity index is 3.45. The number of aliphatic hydroxyl groups excluding tert-OH is 3. The smallest absolute Gasteiger partial charge is 0.335 e. The Morgan fingerprint density at radius 1 is 0.776 bits per heavy atom. The first-order chi connectivity index (χ1) is 31.6. The molecule has 1 rings (SSSR count). The van der Waals surface area contributed by atoms with Gasteiger partial charge in [-0.2, -0.15) is 0 Å². The number of esters is 1. The molecule has 0 bridgehead atoms. The molecule has 0 saturated carbocycles. The van der Waals surface area contributed by atoms with Gasteiger partial charge >= 0.3 is 11.9 Å². The van der Waals surface area contributed by atoms with Crippen molar-refractivity contribution in [1.82, 2.24) is 37.2 Å². The number of aliphatic carboxylic acids is 1. The van der Waals surface area contributed by atoms with E-state index in [-0.39, 0.29) is 35.4 Å². The molecule has 1 aliphatic rings. The minimum atomic E-state index is -2.72. The van der Waals surface area contributed by atoms with Crippen LogP contribution in [0.1, 0.15) is 104 Å². The average Bonchev–Trinajstić information content (AvgIpc) is 3.28. The number of carbonyl (C=O) groups excluding carboxylic acids is 8. The Morgan fingerprint density at radius 2 is 1.34 bits per heavy atom. The van der Waals surface area contributed by atoms with Gasteiger partial charge < -0.3 is 83.2 Å². The molecule has 13 N–H and O–H groups in total. The molecular weight excluding hydrogens is 898 g/mol. The lowest BCUT2D eigenvalue weighted by Gasteiger charge is -2.29. The summed E-state index contributed by atoms with van der Waals surface area (Å²) in [6, 6.07) is -11.3. The minimum absolute atomic E-state index is 0.145. The third-order valence-corrected chi connectivity index (χ3v) is 10.1. The second kappa shape index (κ2) is 31.4. The third kappa shape index (κ3) is 23.0. The SMILES string of the molecule is CCCCCCCCCC(O)CC(=O)NCC(=O)NC(C(=O)NC1COC(=O)C(CCC[N+]([O-])=NO)NC(=O)C(C)NC(=O)C(CCC[N+]([O-])=NO)NC(=O)C(C(C)O)NC1=O)C(O)C(=O)O. The van der Waals surface area contributed by atoms with Crippen LogP contribution in [0.2, 0.25) is 0 Å². The van der Waals surface area contributed by atoms with Crippen molar-refractivity contribution in [2.75, 3.05) is 26.2 Å². The molecule has 1 aliphatic heterocycles. The van der Waals surface area contributed by atoms with Gasteiger partial charge in [0.25, 0.3) is 0 Å². The van der Waals surface area contributed by atoms with Gasteiger partial charge in [0, 0.05) is 12.8 Å². The topological polar surface area (TPSA) is 445 Å². The van der Waals surface area contributed by atoms with Crippen LogP contribution in [0.4, 0.5) is 0 Å². The van der Waals surface area contributed by atoms with Gasteiger partial charge in [0.2, 0.25) is 41.4 Å². The summed E-state index contributed by atoms with van der Waals surface area (Å²) in [7, 11) is 0. The zero-order valence-corrected chi connectivity index (χ0v) is 37.6. The van der Waals surface area contributed by atoms with E-state index in [1.54, 1.807) is 0 Å². The quantitative estimate of drug-likeness (QED) is 0.0132. The fourth-order valence-corrected chi connectivity index (χ4v) is 6.33. The Morgan fingerprint density at radius 3 is 1.91 bits per heavy atom. The number of hydrogen-bond donors (Lipinski definition) is 13. The van der Waals surface area contributed by atoms with Gasteiger partial charge in [-0.05, 0) is 33.1 Å². The maximum absolute atomic E-state index is 13.8. The summed E-state index contributed by atoms with van der Waals surface area (Å²) in [6.45, 7) is 1.23. The fourth-order valence-electron chi connectivity index (χ4n) is 6.33. The van der Waals surface area contributed by atoms with Crippen molar-refractivity contribution in [2.24, 2.45) is 10.6 Å². The standard InChI is InChI=1S/C38H65N11O18/c1-4-5-6-7-8-9-10-13-23(51)18-27(52)39-19-28(53)44-30(31(54)37(60)61)36(59)43-26-20-67-38(62)25(15-12-17-49(66)47-64)42-32(55)21(2)40-33(56)24(14-11-16-48(65)46-63)41-35(58)29(22(3)50)45-34(26)57/h21-26,29-31,50-51,54,63-64H,4-20H2,1-3H3,(H,39,52)(H,40,56)(H,41,58)(H,42,55)(H,43,59)(H,44,53)(H,45,57)(H,60,61). The van der Waals surface area contributed by atoms with Gasteiger partial charge in [-0.3, -0.25) is 33.6 Å². The van der Waals surface area contributed by atoms with E-state index in [4.69, 9.17) is 15.2 Å². The molecule has 0 aromatic carbocycles. The van der Waals surface area contributed by atoms with E-state index in [0.29, 0.717) is 12.8 Å². The highest BCUT2D eigenvalue weighted by atomic mass is 16.6. The number of unbranched alkanes of at least 4 members (excludes halogenated alkanes) is 6. The number of carboxylic acid groups (broad SMARTS) is 1. The zero-order chi connectivity index (χ0) is 50.6. The summed E-state index contributed by atoms with van der Waals surface area (Å²) in [6.07, 6.45) is 0.0156. The van der Waals surface area contributed by atoms with Crippen molar-refractivity contribution in [1.29, 1.82) is 0 Å². The summed E-state index contributed by atoms with van der Waals surface area (Å²) >= 11 is 0. The Labute approximate surface area is 384 Å². The fraction of sp³-hybridized carbons (Fsp3) is 0.763. The van der Waals surface area contributed by atoms with Crippen LogP contribution in [0.25, 0.3) is 0 Å². The lowest BCUT2D eigenvalue weighted by atomic mass is 10.0. The molecule has 380 valence electrons. The molecule has 7 amide bonds. The first-order valence-corrected chi connectivity index (χ1v) is 21.8. The van der Waals surface area contributed by atoms with Crippen LogP contribution >= 0.6 is 0 Å². The second-order valence-electron chi connectivity index (χ2n) is 15.8. The van der Waals surface area contributed by atoms with Gasteiger partial charge in [-0.15, -0.1) is 0 Å². The number of carboxylic acids is 1. The molecule has 0 radical (unpaired) electrons. The summed E-state index contributed by atoms with van der Waals surface area (Å²) in [4.78, 5) is 118. The largest absolute Gasteiger partial charge is 0.597 e. The van der Waals surface area contributed by atoms with Gasteiger partial charge in [0.05, 0.1) is 25.2 Å². The Hall–Kier alpha value is -6.49. The summed E-state index contributed by atoms with van der Waals surface area (Å²) < 4.78 is 5.22. The number of carbonyl (C=O) groups is 9. The highest BCUT2D eigenvalue weighted by molar-refractivity contribution is 5.98. The van der Waals surface area contributed by atoms with Crippen molar-refractivity contribution < 1.29 is 88.4 Å². The molecule has 9 unspecified atom stereocenters. The number of hydroxylamine groups is 2. The van der Waals surface area contributed by atoms with E-state index in [1.807, 2.05) is 10.6 Å². The van der Waals surface area contributed by atoms with Crippen LogP contribution in [-0.2, 0) is 47.9 Å². The van der Waals surface area contributed by atoms with Crippen LogP contribution in [-0.4, -0.2) is 175 Å². The van der Waals surface area contributed by atoms with Gasteiger partial charge in [0.15, 0.2) is 29.7 Å². The highest BCUT2D eigenvalue weighted by Crippen LogP contribution is 2.12. The molecular formula is C38H65N11O18. The van der Waals surface area contributed by atoms with Crippen LogP contribution in [0.15, 0.2) is 10.6 Å². The molecule has 0 spiro atoms. The Bertz CT molecular complexity index is 1730. The second-order valence-corrected chi connectivity index (χ2v) is 15.8. The molecule has 29 nitrogen and oxygen atoms in total. The molecule has 0 aromatic heterocycles. The number of aliphatic hydroxyl groups is 3. The zero-order valence-electron chi connectivity index (χ0n) is 37.6. The van der Waals surface area contributed by atoms with E-state index in [0.717, 1.165) is 45.4 Å². The summed E-state index contributed by atoms with van der Waals surface area (Å²) in [5.41, 5.74) is 0. The van der Waals surface area contributed by atoms with E-state index in [9.17, 15) is 74.0 Å². The van der Waals surface area contributed by atoms with E-state index >= 15 is 0 Å². The first-order valence-electron chi connectivity index (χ1n) is 21.8. The predicted octanol–water partition coefficient (Wildman–Crippen LogP) is -3.43.